The van der Waals surface area contributed by atoms with E-state index < -0.39 is 23.0 Å². The summed E-state index contributed by atoms with van der Waals surface area (Å²) in [5, 5.41) is -0.104. The number of fused-ring (bicyclic) bond motifs is 1. The molecule has 0 spiro atoms. The van der Waals surface area contributed by atoms with E-state index >= 15 is 0 Å². The molecule has 0 saturated heterocycles. The zero-order valence-electron chi connectivity index (χ0n) is 10.3. The summed E-state index contributed by atoms with van der Waals surface area (Å²) in [7, 11) is 0. The first-order chi connectivity index (χ1) is 9.95. The van der Waals surface area contributed by atoms with E-state index in [0.717, 1.165) is 12.1 Å². The highest BCUT2D eigenvalue weighted by Crippen LogP contribution is 2.24. The molecule has 0 aliphatic rings. The minimum absolute atomic E-state index is 0.0491. The maximum Gasteiger partial charge on any atom is 0.259 e. The molecule has 3 aromatic rings. The van der Waals surface area contributed by atoms with Crippen LogP contribution < -0.4 is 5.56 Å². The fraction of sp³-hybridized carbons (Fsp3) is 0. The van der Waals surface area contributed by atoms with Crippen molar-refractivity contribution < 1.29 is 13.2 Å². The molecule has 2 aromatic carbocycles. The second-order valence-electron chi connectivity index (χ2n) is 4.32. The Morgan fingerprint density at radius 3 is 2.48 bits per heavy atom. The predicted molar refractivity (Wildman–Crippen MR) is 75.4 cm³/mol. The molecule has 1 aromatic heterocycles. The van der Waals surface area contributed by atoms with Crippen molar-refractivity contribution in [2.45, 2.75) is 0 Å². The van der Waals surface area contributed by atoms with Gasteiger partial charge in [0.05, 0.1) is 16.5 Å². The van der Waals surface area contributed by atoms with Crippen LogP contribution in [0.25, 0.3) is 22.3 Å². The molecule has 0 aliphatic heterocycles. The van der Waals surface area contributed by atoms with Crippen LogP contribution >= 0.6 is 15.9 Å². The summed E-state index contributed by atoms with van der Waals surface area (Å²) in [4.78, 5) is 18.3. The zero-order chi connectivity index (χ0) is 15.1. The van der Waals surface area contributed by atoms with Crippen molar-refractivity contribution in [3.63, 3.8) is 0 Å². The topological polar surface area (TPSA) is 45.8 Å². The van der Waals surface area contributed by atoms with E-state index in [1.807, 2.05) is 0 Å². The lowest BCUT2D eigenvalue weighted by molar-refractivity contribution is 0.510. The number of hydrogen-bond acceptors (Lipinski definition) is 2. The van der Waals surface area contributed by atoms with Crippen LogP contribution in [0.1, 0.15) is 0 Å². The summed E-state index contributed by atoms with van der Waals surface area (Å²) in [6.45, 7) is 0. The van der Waals surface area contributed by atoms with E-state index in [-0.39, 0.29) is 22.3 Å². The smallest absolute Gasteiger partial charge is 0.259 e. The lowest BCUT2D eigenvalue weighted by atomic mass is 10.1. The lowest BCUT2D eigenvalue weighted by Gasteiger charge is -2.05. The Morgan fingerprint density at radius 1 is 1.00 bits per heavy atom. The van der Waals surface area contributed by atoms with Gasteiger partial charge in [-0.05, 0) is 24.3 Å². The van der Waals surface area contributed by atoms with E-state index in [9.17, 15) is 18.0 Å². The maximum atomic E-state index is 13.8. The third-order valence-corrected chi connectivity index (χ3v) is 3.42. The van der Waals surface area contributed by atoms with E-state index in [2.05, 4.69) is 25.9 Å². The fourth-order valence-corrected chi connectivity index (χ4v) is 2.30. The molecular formula is C14H6BrF3N2O. The molecule has 1 N–H and O–H groups in total. The summed E-state index contributed by atoms with van der Waals surface area (Å²) < 4.78 is 40.8. The monoisotopic (exact) mass is 354 g/mol. The van der Waals surface area contributed by atoms with Gasteiger partial charge in [0.2, 0.25) is 0 Å². The van der Waals surface area contributed by atoms with Crippen LogP contribution in [0.2, 0.25) is 0 Å². The van der Waals surface area contributed by atoms with Crippen molar-refractivity contribution in [3.05, 3.63) is 62.6 Å². The minimum atomic E-state index is -1.14. The standard InChI is InChI=1S/C14H6BrF3N2O/c15-6-1-2-9(16)7(3-6)13-19-12-5-11(18)10(17)4-8(12)14(21)20-13/h1-5H,(H,19,20,21). The quantitative estimate of drug-likeness (QED) is 0.722. The molecule has 21 heavy (non-hydrogen) atoms. The van der Waals surface area contributed by atoms with Crippen molar-refractivity contribution in [2.75, 3.05) is 0 Å². The summed E-state index contributed by atoms with van der Waals surface area (Å²) in [6, 6.07) is 5.69. The van der Waals surface area contributed by atoms with Gasteiger partial charge in [0.15, 0.2) is 11.6 Å². The number of aromatic nitrogens is 2. The SMILES string of the molecule is O=c1[nH]c(-c2cc(Br)ccc2F)nc2cc(F)c(F)cc12. The van der Waals surface area contributed by atoms with Crippen molar-refractivity contribution in [3.8, 4) is 11.4 Å². The number of hydrogen-bond donors (Lipinski definition) is 1. The zero-order valence-corrected chi connectivity index (χ0v) is 11.8. The number of H-pyrrole nitrogens is 1. The Hall–Kier alpha value is -2.15. The highest BCUT2D eigenvalue weighted by molar-refractivity contribution is 9.10. The third kappa shape index (κ3) is 2.44. The molecule has 0 radical (unpaired) electrons. The van der Waals surface area contributed by atoms with Gasteiger partial charge in [-0.1, -0.05) is 15.9 Å². The van der Waals surface area contributed by atoms with Crippen molar-refractivity contribution >= 4 is 26.8 Å². The summed E-state index contributed by atoms with van der Waals surface area (Å²) in [5.74, 6) is -2.92. The maximum absolute atomic E-state index is 13.8. The Labute approximate surface area is 124 Å². The molecule has 0 aliphatic carbocycles. The highest BCUT2D eigenvalue weighted by atomic mass is 79.9. The van der Waals surface area contributed by atoms with Crippen molar-refractivity contribution in [1.82, 2.24) is 9.97 Å². The molecule has 0 fully saturated rings. The Morgan fingerprint density at radius 2 is 1.71 bits per heavy atom. The van der Waals surface area contributed by atoms with Gasteiger partial charge in [-0.25, -0.2) is 18.2 Å². The Bertz CT molecular complexity index is 924. The van der Waals surface area contributed by atoms with Crippen LogP contribution in [0.15, 0.2) is 39.6 Å². The number of nitrogens with one attached hydrogen (secondary N) is 1. The number of halogens is 4. The first kappa shape index (κ1) is 13.8. The van der Waals surface area contributed by atoms with E-state index in [4.69, 9.17) is 0 Å². The van der Waals surface area contributed by atoms with Gasteiger partial charge in [-0.15, -0.1) is 0 Å². The second-order valence-corrected chi connectivity index (χ2v) is 5.24. The van der Waals surface area contributed by atoms with Crippen LogP contribution in [-0.4, -0.2) is 9.97 Å². The van der Waals surface area contributed by atoms with Crippen molar-refractivity contribution in [1.29, 1.82) is 0 Å². The number of rotatable bonds is 1. The molecule has 106 valence electrons. The lowest BCUT2D eigenvalue weighted by Crippen LogP contribution is -2.11. The molecule has 3 nitrogen and oxygen atoms in total. The fourth-order valence-electron chi connectivity index (χ4n) is 1.94. The van der Waals surface area contributed by atoms with Crippen LogP contribution in [0.5, 0.6) is 0 Å². The first-order valence-electron chi connectivity index (χ1n) is 5.80. The highest BCUT2D eigenvalue weighted by Gasteiger charge is 2.13. The van der Waals surface area contributed by atoms with E-state index in [1.54, 1.807) is 0 Å². The van der Waals surface area contributed by atoms with Crippen LogP contribution in [0, 0.1) is 17.5 Å². The van der Waals surface area contributed by atoms with Gasteiger partial charge < -0.3 is 4.98 Å². The van der Waals surface area contributed by atoms with Gasteiger partial charge >= 0.3 is 0 Å². The van der Waals surface area contributed by atoms with Crippen LogP contribution in [0.4, 0.5) is 13.2 Å². The minimum Gasteiger partial charge on any atom is -0.306 e. The predicted octanol–water partition coefficient (Wildman–Crippen LogP) is 3.77. The first-order valence-corrected chi connectivity index (χ1v) is 6.59. The molecular weight excluding hydrogens is 349 g/mol. The van der Waals surface area contributed by atoms with Crippen LogP contribution in [-0.2, 0) is 0 Å². The molecule has 1 heterocycles. The second kappa shape index (κ2) is 5.00. The summed E-state index contributed by atoms with van der Waals surface area (Å²) in [5.41, 5.74) is -0.673. The van der Waals surface area contributed by atoms with Gasteiger partial charge in [0.1, 0.15) is 11.6 Å². The number of benzene rings is 2. The average molecular weight is 355 g/mol. The Kier molecular flexibility index (Phi) is 3.29. The molecule has 0 atom stereocenters. The summed E-state index contributed by atoms with van der Waals surface area (Å²) >= 11 is 3.19. The van der Waals surface area contributed by atoms with Gasteiger partial charge in [-0.3, -0.25) is 4.79 Å². The third-order valence-electron chi connectivity index (χ3n) is 2.93. The Balaban J connectivity index is 2.32. The average Bonchev–Trinajstić information content (AvgIpc) is 2.43. The molecule has 0 bridgehead atoms. The van der Waals surface area contributed by atoms with Crippen LogP contribution in [0.3, 0.4) is 0 Å². The molecule has 3 rings (SSSR count). The number of nitrogens with zero attached hydrogens (tertiary/aromatic N) is 1. The number of aromatic amines is 1. The molecule has 0 amide bonds. The largest absolute Gasteiger partial charge is 0.306 e. The van der Waals surface area contributed by atoms with E-state index in [1.165, 1.54) is 18.2 Å². The van der Waals surface area contributed by atoms with E-state index in [0.29, 0.717) is 4.47 Å². The molecule has 0 unspecified atom stereocenters. The molecule has 7 heteroatoms. The molecule has 0 saturated carbocycles. The van der Waals surface area contributed by atoms with Gasteiger partial charge in [0, 0.05) is 10.5 Å². The summed E-state index contributed by atoms with van der Waals surface area (Å²) in [6.07, 6.45) is 0. The van der Waals surface area contributed by atoms with Gasteiger partial charge in [0.25, 0.3) is 5.56 Å². The van der Waals surface area contributed by atoms with Gasteiger partial charge in [-0.2, -0.15) is 0 Å². The normalized spacial score (nSPS) is 11.0. The van der Waals surface area contributed by atoms with Crippen molar-refractivity contribution in [2.24, 2.45) is 0 Å².